The topological polar surface area (TPSA) is 4.93 Å². The van der Waals surface area contributed by atoms with Crippen LogP contribution in [0.25, 0.3) is 10.9 Å². The first kappa shape index (κ1) is 22.4. The predicted molar refractivity (Wildman–Crippen MR) is 135 cm³/mol. The average Bonchev–Trinajstić information content (AvgIpc) is 3.06. The average molecular weight is 416 g/mol. The Morgan fingerprint density at radius 2 is 1.40 bits per heavy atom. The summed E-state index contributed by atoms with van der Waals surface area (Å²) in [6, 6.07) is 21.8. The normalized spacial score (nSPS) is 12.0. The minimum absolute atomic E-state index is 0.654. The molecule has 3 aromatic rings. The zero-order valence-electron chi connectivity index (χ0n) is 19.6. The van der Waals surface area contributed by atoms with Crippen LogP contribution in [0.3, 0.4) is 0 Å². The molecule has 0 aliphatic heterocycles. The quantitative estimate of drug-likeness (QED) is 0.273. The van der Waals surface area contributed by atoms with E-state index >= 15 is 0 Å². The van der Waals surface area contributed by atoms with Gasteiger partial charge in [0.15, 0.2) is 0 Å². The lowest BCUT2D eigenvalue weighted by molar-refractivity contribution is 0.657. The Morgan fingerprint density at radius 3 is 2.03 bits per heavy atom. The van der Waals surface area contributed by atoms with Crippen molar-refractivity contribution in [3.8, 4) is 11.5 Å². The van der Waals surface area contributed by atoms with Crippen LogP contribution in [0.2, 0.25) is 16.6 Å². The molecule has 1 nitrogen and oxygen atoms in total. The van der Waals surface area contributed by atoms with Crippen LogP contribution in [0.5, 0.6) is 0 Å². The van der Waals surface area contributed by atoms with Gasteiger partial charge in [-0.05, 0) is 47.2 Å². The number of fused-ring (bicyclic) bond motifs is 1. The molecule has 0 radical (unpaired) electrons. The van der Waals surface area contributed by atoms with Gasteiger partial charge in [0.25, 0.3) is 0 Å². The van der Waals surface area contributed by atoms with Gasteiger partial charge in [-0.2, -0.15) is 0 Å². The molecule has 30 heavy (non-hydrogen) atoms. The maximum absolute atomic E-state index is 3.93. The van der Waals surface area contributed by atoms with E-state index in [0.717, 1.165) is 19.4 Å². The van der Waals surface area contributed by atoms with Gasteiger partial charge < -0.3 is 4.57 Å². The van der Waals surface area contributed by atoms with Crippen molar-refractivity contribution >= 4 is 19.0 Å². The Bertz CT molecular complexity index is 993. The third-order valence-electron chi connectivity index (χ3n) is 6.77. The van der Waals surface area contributed by atoms with Crippen molar-refractivity contribution in [3.05, 3.63) is 71.9 Å². The first-order valence-electron chi connectivity index (χ1n) is 11.5. The highest BCUT2D eigenvalue weighted by Crippen LogP contribution is 2.40. The summed E-state index contributed by atoms with van der Waals surface area (Å²) in [5.74, 6) is 3.71. The largest absolute Gasteiger partial charge is 0.334 e. The van der Waals surface area contributed by atoms with Crippen LogP contribution in [-0.4, -0.2) is 12.6 Å². The van der Waals surface area contributed by atoms with Gasteiger partial charge in [0, 0.05) is 17.4 Å². The molecule has 1 aromatic heterocycles. The Labute approximate surface area is 184 Å². The van der Waals surface area contributed by atoms with Gasteiger partial charge >= 0.3 is 0 Å². The fraction of sp³-hybridized carbons (Fsp3) is 0.429. The van der Waals surface area contributed by atoms with E-state index in [0.29, 0.717) is 16.6 Å². The standard InChI is InChI=1S/C28H37NSi/c1-22(2)30(23(3)4,24(5)6)20-18-27-21-26-16-10-11-17-28(26)29(27)19-12-15-25-13-8-7-9-14-25/h7-11,13-14,16-17,21-24H,12,15,19H2,1-6H3. The SMILES string of the molecule is CC(C)[Si](C#Cc1cc2ccccc2n1CCCc1ccccc1)(C(C)C)C(C)C. The molecule has 0 aliphatic rings. The number of hydrogen-bond acceptors (Lipinski definition) is 0. The monoisotopic (exact) mass is 415 g/mol. The van der Waals surface area contributed by atoms with E-state index in [4.69, 9.17) is 0 Å². The molecule has 0 amide bonds. The second-order valence-corrected chi connectivity index (χ2v) is 15.1. The molecule has 0 saturated carbocycles. The van der Waals surface area contributed by atoms with Crippen molar-refractivity contribution in [2.24, 2.45) is 0 Å². The van der Waals surface area contributed by atoms with Crippen molar-refractivity contribution in [1.29, 1.82) is 0 Å². The third-order valence-corrected chi connectivity index (χ3v) is 13.1. The molecule has 0 unspecified atom stereocenters. The first-order chi connectivity index (χ1) is 14.4. The third kappa shape index (κ3) is 4.57. The maximum atomic E-state index is 3.93. The van der Waals surface area contributed by atoms with Crippen LogP contribution < -0.4 is 0 Å². The Hall–Kier alpha value is -2.24. The molecule has 2 aromatic carbocycles. The maximum Gasteiger partial charge on any atom is 0.146 e. The minimum atomic E-state index is -1.74. The van der Waals surface area contributed by atoms with Crippen LogP contribution in [0.15, 0.2) is 60.7 Å². The molecule has 0 spiro atoms. The molecule has 0 fully saturated rings. The van der Waals surface area contributed by atoms with E-state index in [9.17, 15) is 0 Å². The zero-order valence-corrected chi connectivity index (χ0v) is 20.6. The number of aromatic nitrogens is 1. The van der Waals surface area contributed by atoms with Crippen molar-refractivity contribution < 1.29 is 0 Å². The van der Waals surface area contributed by atoms with Gasteiger partial charge in [0.1, 0.15) is 8.07 Å². The van der Waals surface area contributed by atoms with Gasteiger partial charge in [0.05, 0.1) is 5.69 Å². The van der Waals surface area contributed by atoms with Crippen LogP contribution in [0.4, 0.5) is 0 Å². The lowest BCUT2D eigenvalue weighted by atomic mass is 10.1. The summed E-state index contributed by atoms with van der Waals surface area (Å²) in [6.07, 6.45) is 2.22. The summed E-state index contributed by atoms with van der Waals surface area (Å²) in [6.45, 7) is 15.3. The lowest BCUT2D eigenvalue weighted by Crippen LogP contribution is -2.43. The van der Waals surface area contributed by atoms with Crippen LogP contribution >= 0.6 is 0 Å². The molecule has 0 bridgehead atoms. The molecule has 0 aliphatic carbocycles. The zero-order chi connectivity index (χ0) is 21.7. The van der Waals surface area contributed by atoms with Crippen molar-refractivity contribution in [2.75, 3.05) is 0 Å². The Kier molecular flexibility index (Phi) is 7.26. The summed E-state index contributed by atoms with van der Waals surface area (Å²) in [5.41, 5.74) is 9.79. The molecule has 3 rings (SSSR count). The fourth-order valence-corrected chi connectivity index (χ4v) is 10.5. The van der Waals surface area contributed by atoms with Crippen LogP contribution in [0.1, 0.15) is 59.2 Å². The molecular formula is C28H37NSi. The Morgan fingerprint density at radius 1 is 0.800 bits per heavy atom. The smallest absolute Gasteiger partial charge is 0.146 e. The molecule has 0 N–H and O–H groups in total. The molecular weight excluding hydrogens is 378 g/mol. The molecule has 0 saturated heterocycles. The second kappa shape index (κ2) is 9.71. The molecule has 1 heterocycles. The number of rotatable bonds is 7. The highest BCUT2D eigenvalue weighted by atomic mass is 28.3. The van der Waals surface area contributed by atoms with E-state index in [1.165, 1.54) is 22.2 Å². The van der Waals surface area contributed by atoms with Crippen molar-refractivity contribution in [1.82, 2.24) is 4.57 Å². The highest BCUT2D eigenvalue weighted by molar-refractivity contribution is 6.90. The molecule has 0 atom stereocenters. The fourth-order valence-electron chi connectivity index (χ4n) is 5.25. The summed E-state index contributed by atoms with van der Waals surface area (Å²) in [7, 11) is -1.74. The van der Waals surface area contributed by atoms with Crippen molar-refractivity contribution in [2.45, 2.75) is 77.6 Å². The second-order valence-electron chi connectivity index (χ2n) is 9.48. The van der Waals surface area contributed by atoms with Gasteiger partial charge in [-0.1, -0.05) is 96.0 Å². The lowest BCUT2D eigenvalue weighted by Gasteiger charge is -2.38. The highest BCUT2D eigenvalue weighted by Gasteiger charge is 2.41. The van der Waals surface area contributed by atoms with E-state index in [1.807, 2.05) is 0 Å². The molecule has 158 valence electrons. The number of para-hydroxylation sites is 1. The number of aryl methyl sites for hydroxylation is 2. The van der Waals surface area contributed by atoms with E-state index in [1.54, 1.807) is 0 Å². The van der Waals surface area contributed by atoms with E-state index < -0.39 is 8.07 Å². The Balaban J connectivity index is 1.96. The van der Waals surface area contributed by atoms with Gasteiger partial charge in [-0.25, -0.2) is 0 Å². The summed E-state index contributed by atoms with van der Waals surface area (Å²) in [5, 5.41) is 1.30. The van der Waals surface area contributed by atoms with Gasteiger partial charge in [-0.3, -0.25) is 0 Å². The van der Waals surface area contributed by atoms with Crippen molar-refractivity contribution in [3.63, 3.8) is 0 Å². The first-order valence-corrected chi connectivity index (χ1v) is 13.7. The minimum Gasteiger partial charge on any atom is -0.334 e. The number of hydrogen-bond donors (Lipinski definition) is 0. The number of benzene rings is 2. The number of nitrogens with zero attached hydrogens (tertiary/aromatic N) is 1. The van der Waals surface area contributed by atoms with Gasteiger partial charge in [0.2, 0.25) is 0 Å². The summed E-state index contributed by atoms with van der Waals surface area (Å²) >= 11 is 0. The van der Waals surface area contributed by atoms with E-state index in [2.05, 4.69) is 118 Å². The summed E-state index contributed by atoms with van der Waals surface area (Å²) in [4.78, 5) is 0. The predicted octanol–water partition coefficient (Wildman–Crippen LogP) is 7.84. The summed E-state index contributed by atoms with van der Waals surface area (Å²) < 4.78 is 2.45. The van der Waals surface area contributed by atoms with E-state index in [-0.39, 0.29) is 0 Å². The molecule has 2 heteroatoms. The van der Waals surface area contributed by atoms with Crippen LogP contribution in [-0.2, 0) is 13.0 Å². The van der Waals surface area contributed by atoms with Crippen LogP contribution in [0, 0.1) is 11.5 Å². The van der Waals surface area contributed by atoms with Gasteiger partial charge in [-0.15, -0.1) is 5.54 Å².